The lowest BCUT2D eigenvalue weighted by atomic mass is 10.2. The van der Waals surface area contributed by atoms with Crippen molar-refractivity contribution >= 4 is 7.60 Å². The number of hydrogen-bond acceptors (Lipinski definition) is 5. The van der Waals surface area contributed by atoms with E-state index >= 15 is 0 Å². The second-order valence-corrected chi connectivity index (χ2v) is 7.97. The van der Waals surface area contributed by atoms with Gasteiger partial charge in [-0.25, -0.2) is 0 Å². The van der Waals surface area contributed by atoms with Crippen LogP contribution in [0, 0.1) is 0 Å². The van der Waals surface area contributed by atoms with Gasteiger partial charge in [0.15, 0.2) is 11.5 Å². The molecule has 0 bridgehead atoms. The van der Waals surface area contributed by atoms with E-state index in [1.165, 1.54) is 0 Å². The first-order valence-electron chi connectivity index (χ1n) is 8.88. The predicted molar refractivity (Wildman–Crippen MR) is 103 cm³/mol. The van der Waals surface area contributed by atoms with Crippen LogP contribution in [0.3, 0.4) is 0 Å². The van der Waals surface area contributed by atoms with Crippen molar-refractivity contribution in [2.24, 2.45) is 0 Å². The van der Waals surface area contributed by atoms with Crippen molar-refractivity contribution in [2.45, 2.75) is 33.3 Å². The van der Waals surface area contributed by atoms with Gasteiger partial charge in [-0.3, -0.25) is 4.57 Å². The SMILES string of the molecule is CCCCP(=O)(OCC)OCc1cccc(Oc2ccccc2OC)c1. The lowest BCUT2D eigenvalue weighted by Crippen LogP contribution is -2.01. The van der Waals surface area contributed by atoms with Crippen LogP contribution in [0.4, 0.5) is 0 Å². The number of hydrogen-bond donors (Lipinski definition) is 0. The third-order valence-electron chi connectivity index (χ3n) is 3.73. The van der Waals surface area contributed by atoms with Crippen LogP contribution >= 0.6 is 7.60 Å². The Hall–Kier alpha value is -1.81. The summed E-state index contributed by atoms with van der Waals surface area (Å²) in [6, 6.07) is 15.0. The zero-order valence-corrected chi connectivity index (χ0v) is 16.5. The summed E-state index contributed by atoms with van der Waals surface area (Å²) in [6.07, 6.45) is 2.20. The molecule has 2 rings (SSSR count). The van der Waals surface area contributed by atoms with Crippen molar-refractivity contribution in [3.8, 4) is 17.2 Å². The first kappa shape index (κ1) is 20.5. The highest BCUT2D eigenvalue weighted by Gasteiger charge is 2.23. The predicted octanol–water partition coefficient (Wildman–Crippen LogP) is 6.03. The maximum Gasteiger partial charge on any atom is 0.330 e. The molecular formula is C20H27O5P. The molecule has 0 radical (unpaired) electrons. The van der Waals surface area contributed by atoms with Crippen LogP contribution in [-0.2, 0) is 20.2 Å². The molecule has 0 aliphatic heterocycles. The smallest absolute Gasteiger partial charge is 0.330 e. The summed E-state index contributed by atoms with van der Waals surface area (Å²) in [7, 11) is -1.45. The van der Waals surface area contributed by atoms with E-state index in [1.54, 1.807) is 7.11 Å². The molecule has 26 heavy (non-hydrogen) atoms. The highest BCUT2D eigenvalue weighted by Crippen LogP contribution is 2.49. The number of ether oxygens (including phenoxy) is 2. The van der Waals surface area contributed by atoms with E-state index in [9.17, 15) is 4.57 Å². The van der Waals surface area contributed by atoms with Crippen molar-refractivity contribution in [2.75, 3.05) is 19.9 Å². The molecule has 2 aromatic carbocycles. The van der Waals surface area contributed by atoms with Crippen LogP contribution in [0.25, 0.3) is 0 Å². The second-order valence-electron chi connectivity index (χ2n) is 5.78. The summed E-state index contributed by atoms with van der Waals surface area (Å²) in [6.45, 7) is 4.46. The molecular weight excluding hydrogens is 351 g/mol. The summed E-state index contributed by atoms with van der Waals surface area (Å²) in [4.78, 5) is 0. The molecule has 0 amide bonds. The Morgan fingerprint density at radius 1 is 0.962 bits per heavy atom. The van der Waals surface area contributed by atoms with E-state index < -0.39 is 7.60 Å². The Kier molecular flexibility index (Phi) is 8.17. The van der Waals surface area contributed by atoms with Crippen molar-refractivity contribution in [1.82, 2.24) is 0 Å². The van der Waals surface area contributed by atoms with Gasteiger partial charge in [-0.1, -0.05) is 37.6 Å². The monoisotopic (exact) mass is 378 g/mol. The quantitative estimate of drug-likeness (QED) is 0.447. The van der Waals surface area contributed by atoms with Crippen LogP contribution in [0.5, 0.6) is 17.2 Å². The Balaban J connectivity index is 2.05. The first-order valence-corrected chi connectivity index (χ1v) is 10.6. The van der Waals surface area contributed by atoms with Crippen molar-refractivity contribution in [1.29, 1.82) is 0 Å². The van der Waals surface area contributed by atoms with Crippen LogP contribution in [0.1, 0.15) is 32.3 Å². The molecule has 0 saturated carbocycles. The Bertz CT molecular complexity index is 732. The van der Waals surface area contributed by atoms with Crippen molar-refractivity contribution in [3.05, 3.63) is 54.1 Å². The minimum Gasteiger partial charge on any atom is -0.493 e. The van der Waals surface area contributed by atoms with E-state index in [-0.39, 0.29) is 6.61 Å². The fourth-order valence-electron chi connectivity index (χ4n) is 2.42. The lowest BCUT2D eigenvalue weighted by Gasteiger charge is -2.18. The fourth-order valence-corrected chi connectivity index (χ4v) is 4.19. The van der Waals surface area contributed by atoms with Gasteiger partial charge in [0.25, 0.3) is 0 Å². The van der Waals surface area contributed by atoms with E-state index in [1.807, 2.05) is 55.5 Å². The zero-order chi connectivity index (χ0) is 18.8. The Morgan fingerprint density at radius 3 is 2.42 bits per heavy atom. The second kappa shape index (κ2) is 10.4. The van der Waals surface area contributed by atoms with Crippen LogP contribution in [0.15, 0.2) is 48.5 Å². The average Bonchev–Trinajstić information content (AvgIpc) is 2.66. The molecule has 0 fully saturated rings. The van der Waals surface area contributed by atoms with E-state index in [0.717, 1.165) is 18.4 Å². The molecule has 0 spiro atoms. The van der Waals surface area contributed by atoms with Gasteiger partial charge < -0.3 is 18.5 Å². The third-order valence-corrected chi connectivity index (χ3v) is 5.77. The Labute approximate surface area is 155 Å². The topological polar surface area (TPSA) is 54.0 Å². The average molecular weight is 378 g/mol. The molecule has 0 N–H and O–H groups in total. The van der Waals surface area contributed by atoms with Crippen LogP contribution < -0.4 is 9.47 Å². The van der Waals surface area contributed by atoms with E-state index in [4.69, 9.17) is 18.5 Å². The van der Waals surface area contributed by atoms with Crippen LogP contribution in [-0.4, -0.2) is 19.9 Å². The highest BCUT2D eigenvalue weighted by molar-refractivity contribution is 7.53. The molecule has 1 atom stereocenters. The van der Waals surface area contributed by atoms with Crippen molar-refractivity contribution < 1.29 is 23.1 Å². The molecule has 1 unspecified atom stereocenters. The van der Waals surface area contributed by atoms with Gasteiger partial charge >= 0.3 is 7.60 Å². The maximum absolute atomic E-state index is 12.7. The third kappa shape index (κ3) is 6.17. The van der Waals surface area contributed by atoms with Gasteiger partial charge in [0.1, 0.15) is 5.75 Å². The minimum absolute atomic E-state index is 0.212. The molecule has 5 nitrogen and oxygen atoms in total. The summed E-state index contributed by atoms with van der Waals surface area (Å²) >= 11 is 0. The molecule has 142 valence electrons. The largest absolute Gasteiger partial charge is 0.493 e. The van der Waals surface area contributed by atoms with Crippen molar-refractivity contribution in [3.63, 3.8) is 0 Å². The number of benzene rings is 2. The van der Waals surface area contributed by atoms with Gasteiger partial charge in [0, 0.05) is 0 Å². The molecule has 0 heterocycles. The molecule has 2 aromatic rings. The van der Waals surface area contributed by atoms with Crippen LogP contribution in [0.2, 0.25) is 0 Å². The Morgan fingerprint density at radius 2 is 1.73 bits per heavy atom. The normalized spacial score (nSPS) is 13.2. The molecule has 0 aromatic heterocycles. The standard InChI is InChI=1S/C20H27O5P/c1-4-6-14-26(21,23-5-2)24-16-17-10-9-11-18(15-17)25-20-13-8-7-12-19(20)22-3/h7-13,15H,4-6,14,16H2,1-3H3. The highest BCUT2D eigenvalue weighted by atomic mass is 31.2. The summed E-state index contributed by atoms with van der Waals surface area (Å²) < 4.78 is 35.0. The lowest BCUT2D eigenvalue weighted by molar-refractivity contribution is 0.204. The van der Waals surface area contributed by atoms with E-state index in [2.05, 4.69) is 6.92 Å². The molecule has 6 heteroatoms. The number of rotatable bonds is 11. The van der Waals surface area contributed by atoms with Gasteiger partial charge in [-0.05, 0) is 43.2 Å². The molecule has 0 saturated heterocycles. The number of unbranched alkanes of at least 4 members (excludes halogenated alkanes) is 1. The fraction of sp³-hybridized carbons (Fsp3) is 0.400. The zero-order valence-electron chi connectivity index (χ0n) is 15.6. The van der Waals surface area contributed by atoms with Gasteiger partial charge in [0.05, 0.1) is 26.5 Å². The summed E-state index contributed by atoms with van der Waals surface area (Å²) in [5.41, 5.74) is 0.869. The molecule has 0 aliphatic carbocycles. The number of methoxy groups -OCH3 is 1. The minimum atomic E-state index is -3.06. The first-order chi connectivity index (χ1) is 12.6. The summed E-state index contributed by atoms with van der Waals surface area (Å²) in [5, 5.41) is 0. The van der Waals surface area contributed by atoms with E-state index in [0.29, 0.717) is 30.0 Å². The maximum atomic E-state index is 12.7. The van der Waals surface area contributed by atoms with Gasteiger partial charge in [0.2, 0.25) is 0 Å². The van der Waals surface area contributed by atoms with Gasteiger partial charge in [-0.2, -0.15) is 0 Å². The molecule has 0 aliphatic rings. The summed E-state index contributed by atoms with van der Waals surface area (Å²) in [5.74, 6) is 1.96. The number of para-hydroxylation sites is 2. The van der Waals surface area contributed by atoms with Gasteiger partial charge in [-0.15, -0.1) is 0 Å².